The number of methoxy groups -OCH3 is 1. The summed E-state index contributed by atoms with van der Waals surface area (Å²) in [6.07, 6.45) is 0. The third-order valence-corrected chi connectivity index (χ3v) is 5.89. The normalized spacial score (nSPS) is 19.5. The molecule has 0 amide bonds. The first kappa shape index (κ1) is 18.7. The Hall–Kier alpha value is -2.62. The summed E-state index contributed by atoms with van der Waals surface area (Å²) in [5.74, 6) is 0.932. The molecule has 28 heavy (non-hydrogen) atoms. The lowest BCUT2D eigenvalue weighted by Crippen LogP contribution is -3.27. The van der Waals surface area contributed by atoms with Gasteiger partial charge in [-0.1, -0.05) is 60.7 Å². The van der Waals surface area contributed by atoms with Crippen molar-refractivity contribution in [1.29, 1.82) is 0 Å². The minimum absolute atomic E-state index is 0.421. The molecule has 3 aromatic rings. The van der Waals surface area contributed by atoms with E-state index in [4.69, 9.17) is 4.74 Å². The third-order valence-electron chi connectivity index (χ3n) is 5.89. The maximum absolute atomic E-state index is 5.27. The van der Waals surface area contributed by atoms with Crippen LogP contribution < -0.4 is 14.5 Å². The zero-order valence-corrected chi connectivity index (χ0v) is 16.6. The van der Waals surface area contributed by atoms with E-state index in [1.54, 1.807) is 16.9 Å². The molecule has 0 spiro atoms. The van der Waals surface area contributed by atoms with Gasteiger partial charge in [0, 0.05) is 16.7 Å². The molecule has 1 fully saturated rings. The Bertz CT molecular complexity index is 801. The van der Waals surface area contributed by atoms with Gasteiger partial charge in [-0.05, 0) is 24.3 Å². The highest BCUT2D eigenvalue weighted by Gasteiger charge is 2.31. The fourth-order valence-corrected chi connectivity index (χ4v) is 4.38. The lowest BCUT2D eigenvalue weighted by atomic mass is 9.96. The maximum atomic E-state index is 5.27. The first-order valence-electron chi connectivity index (χ1n) is 10.2. The smallest absolute Gasteiger partial charge is 0.139 e. The monoisotopic (exact) mass is 374 g/mol. The summed E-state index contributed by atoms with van der Waals surface area (Å²) in [5, 5.41) is 0. The molecule has 4 rings (SSSR count). The highest BCUT2D eigenvalue weighted by atomic mass is 16.5. The third kappa shape index (κ3) is 4.44. The highest BCUT2D eigenvalue weighted by molar-refractivity contribution is 5.29. The molecule has 1 aliphatic rings. The van der Waals surface area contributed by atoms with Crippen LogP contribution in [0, 0.1) is 0 Å². The molecule has 0 radical (unpaired) electrons. The van der Waals surface area contributed by atoms with Gasteiger partial charge in [0.1, 0.15) is 44.5 Å². The van der Waals surface area contributed by atoms with Crippen LogP contribution in [-0.4, -0.2) is 33.3 Å². The maximum Gasteiger partial charge on any atom is 0.139 e. The van der Waals surface area contributed by atoms with Gasteiger partial charge < -0.3 is 14.5 Å². The van der Waals surface area contributed by atoms with E-state index in [-0.39, 0.29) is 0 Å². The molecule has 0 unspecified atom stereocenters. The van der Waals surface area contributed by atoms with Gasteiger partial charge in [-0.15, -0.1) is 0 Å². The molecule has 0 bridgehead atoms. The summed E-state index contributed by atoms with van der Waals surface area (Å²) in [7, 11) is 1.72. The second-order valence-electron chi connectivity index (χ2n) is 7.69. The van der Waals surface area contributed by atoms with E-state index >= 15 is 0 Å². The number of rotatable bonds is 6. The van der Waals surface area contributed by atoms with Gasteiger partial charge in [0.05, 0.1) is 7.11 Å². The average molecular weight is 375 g/mol. The summed E-state index contributed by atoms with van der Waals surface area (Å²) in [6, 6.07) is 30.9. The first-order chi connectivity index (χ1) is 13.8. The predicted molar refractivity (Wildman–Crippen MR) is 113 cm³/mol. The van der Waals surface area contributed by atoms with Gasteiger partial charge in [0.15, 0.2) is 0 Å². The number of hydrogen-bond acceptors (Lipinski definition) is 1. The van der Waals surface area contributed by atoms with Crippen LogP contribution in [0.1, 0.15) is 22.7 Å². The van der Waals surface area contributed by atoms with Crippen LogP contribution in [0.3, 0.4) is 0 Å². The topological polar surface area (TPSA) is 18.1 Å². The molecule has 0 aliphatic carbocycles. The average Bonchev–Trinajstić information content (AvgIpc) is 2.77. The Morgan fingerprint density at radius 2 is 1.25 bits per heavy atom. The standard InChI is InChI=1S/C25H28N2O/c1-28-24-14-12-21(13-15-24)20-26-16-18-27(19-17-26)25(22-8-4-2-5-9-22)23-10-6-3-7-11-23/h2-15,25H,16-20H2,1H3/p+2. The number of benzene rings is 3. The SMILES string of the molecule is COc1ccc(C[NH+]2CC[NH+](C(c3ccccc3)c3ccccc3)CC2)cc1. The summed E-state index contributed by atoms with van der Waals surface area (Å²) in [5.41, 5.74) is 4.23. The van der Waals surface area contributed by atoms with Crippen molar-refractivity contribution in [3.8, 4) is 5.75 Å². The first-order valence-corrected chi connectivity index (χ1v) is 10.2. The lowest BCUT2D eigenvalue weighted by molar-refractivity contribution is -1.03. The molecule has 3 heteroatoms. The zero-order valence-electron chi connectivity index (χ0n) is 16.6. The largest absolute Gasteiger partial charge is 0.497 e. The zero-order chi connectivity index (χ0) is 19.2. The Kier molecular flexibility index (Phi) is 6.05. The molecular weight excluding hydrogens is 344 g/mol. The van der Waals surface area contributed by atoms with E-state index < -0.39 is 0 Å². The van der Waals surface area contributed by atoms with Crippen LogP contribution in [0.4, 0.5) is 0 Å². The highest BCUT2D eigenvalue weighted by Crippen LogP contribution is 2.18. The van der Waals surface area contributed by atoms with Crippen molar-refractivity contribution in [1.82, 2.24) is 0 Å². The number of hydrogen-bond donors (Lipinski definition) is 2. The minimum Gasteiger partial charge on any atom is -0.497 e. The fourth-order valence-electron chi connectivity index (χ4n) is 4.38. The molecule has 2 N–H and O–H groups in total. The van der Waals surface area contributed by atoms with Crippen LogP contribution in [0.25, 0.3) is 0 Å². The van der Waals surface area contributed by atoms with Gasteiger partial charge >= 0.3 is 0 Å². The minimum atomic E-state index is 0.421. The number of nitrogens with one attached hydrogen (secondary N) is 2. The molecule has 1 saturated heterocycles. The molecule has 0 aromatic heterocycles. The van der Waals surface area contributed by atoms with Crippen molar-refractivity contribution in [3.63, 3.8) is 0 Å². The molecule has 3 aromatic carbocycles. The molecule has 0 atom stereocenters. The Balaban J connectivity index is 1.44. The van der Waals surface area contributed by atoms with Crippen molar-refractivity contribution >= 4 is 0 Å². The predicted octanol–water partition coefficient (Wildman–Crippen LogP) is 1.77. The van der Waals surface area contributed by atoms with Gasteiger partial charge in [0.25, 0.3) is 0 Å². The van der Waals surface area contributed by atoms with E-state index in [2.05, 4.69) is 84.9 Å². The van der Waals surface area contributed by atoms with Gasteiger partial charge in [-0.3, -0.25) is 0 Å². The van der Waals surface area contributed by atoms with Crippen LogP contribution in [0.5, 0.6) is 5.75 Å². The molecule has 1 aliphatic heterocycles. The van der Waals surface area contributed by atoms with Crippen molar-refractivity contribution < 1.29 is 14.5 Å². The summed E-state index contributed by atoms with van der Waals surface area (Å²) < 4.78 is 5.27. The molecule has 1 heterocycles. The van der Waals surface area contributed by atoms with Gasteiger partial charge in [-0.25, -0.2) is 0 Å². The molecule has 144 valence electrons. The number of ether oxygens (including phenoxy) is 1. The quantitative estimate of drug-likeness (QED) is 0.673. The Labute approximate surface area is 168 Å². The second kappa shape index (κ2) is 9.05. The van der Waals surface area contributed by atoms with E-state index in [1.165, 1.54) is 42.9 Å². The van der Waals surface area contributed by atoms with Crippen molar-refractivity contribution in [2.45, 2.75) is 12.6 Å². The van der Waals surface area contributed by atoms with E-state index in [9.17, 15) is 0 Å². The van der Waals surface area contributed by atoms with Crippen LogP contribution in [0.2, 0.25) is 0 Å². The summed E-state index contributed by atoms with van der Waals surface area (Å²) in [6.45, 7) is 5.90. The van der Waals surface area contributed by atoms with Crippen LogP contribution in [-0.2, 0) is 6.54 Å². The molecular formula is C25H30N2O+2. The van der Waals surface area contributed by atoms with E-state index in [1.807, 2.05) is 0 Å². The summed E-state index contributed by atoms with van der Waals surface area (Å²) >= 11 is 0. The Morgan fingerprint density at radius 3 is 1.75 bits per heavy atom. The van der Waals surface area contributed by atoms with Crippen LogP contribution in [0.15, 0.2) is 84.9 Å². The number of quaternary nitrogens is 2. The van der Waals surface area contributed by atoms with E-state index in [0.717, 1.165) is 12.3 Å². The second-order valence-corrected chi connectivity index (χ2v) is 7.69. The summed E-state index contributed by atoms with van der Waals surface area (Å²) in [4.78, 5) is 3.35. The van der Waals surface area contributed by atoms with Gasteiger partial charge in [0.2, 0.25) is 0 Å². The molecule has 0 saturated carbocycles. The van der Waals surface area contributed by atoms with E-state index in [0.29, 0.717) is 6.04 Å². The Morgan fingerprint density at radius 1 is 0.714 bits per heavy atom. The van der Waals surface area contributed by atoms with Crippen molar-refractivity contribution in [2.75, 3.05) is 33.3 Å². The van der Waals surface area contributed by atoms with Gasteiger partial charge in [-0.2, -0.15) is 0 Å². The lowest BCUT2D eigenvalue weighted by Gasteiger charge is -2.35. The van der Waals surface area contributed by atoms with Crippen molar-refractivity contribution in [2.24, 2.45) is 0 Å². The fraction of sp³-hybridized carbons (Fsp3) is 0.280. The van der Waals surface area contributed by atoms with Crippen molar-refractivity contribution in [3.05, 3.63) is 102 Å². The van der Waals surface area contributed by atoms with Crippen LogP contribution >= 0.6 is 0 Å². The molecule has 3 nitrogen and oxygen atoms in total. The number of piperazine rings is 1.